The number of methoxy groups -OCH3 is 4. The Bertz CT molecular complexity index is 944. The highest BCUT2D eigenvalue weighted by atomic mass is 16.7. The number of Topliss-reactive ketones (excluding diaryl/α,β-unsaturated/α-hetero) is 1. The van der Waals surface area contributed by atoms with E-state index in [0.717, 1.165) is 41.5 Å². The van der Waals surface area contributed by atoms with E-state index < -0.39 is 0 Å². The summed E-state index contributed by atoms with van der Waals surface area (Å²) in [6.45, 7) is 0.265. The summed E-state index contributed by atoms with van der Waals surface area (Å²) in [4.78, 5) is 13.2. The minimum atomic E-state index is 0.0543. The number of ether oxygens (including phenoxy) is 6. The highest BCUT2D eigenvalue weighted by Crippen LogP contribution is 2.33. The summed E-state index contributed by atoms with van der Waals surface area (Å²) in [5.41, 5.74) is 3.30. The van der Waals surface area contributed by atoms with Crippen molar-refractivity contribution in [3.05, 3.63) is 58.7 Å². The standard InChI is InChI=1S/C26H30O7/c1-28-16-32-22-10-8-18(14-24(22)30-3)12-20-6-5-7-21(26(20)27)13-19-9-11-23(33-17-29-2)25(15-19)31-4/h8-15H,5-7,16-17H2,1-4H3/b20-12+,21-13+. The molecule has 7 nitrogen and oxygen atoms in total. The number of rotatable bonds is 10. The summed E-state index contributed by atoms with van der Waals surface area (Å²) in [6, 6.07) is 11.1. The smallest absolute Gasteiger partial charge is 0.188 e. The Morgan fingerprint density at radius 1 is 0.697 bits per heavy atom. The number of hydrogen-bond acceptors (Lipinski definition) is 7. The average molecular weight is 455 g/mol. The second-order valence-corrected chi connectivity index (χ2v) is 7.44. The molecular formula is C26H30O7. The lowest BCUT2D eigenvalue weighted by Crippen LogP contribution is -2.12. The van der Waals surface area contributed by atoms with Gasteiger partial charge < -0.3 is 28.4 Å². The highest BCUT2D eigenvalue weighted by Gasteiger charge is 2.21. The molecule has 0 N–H and O–H groups in total. The molecule has 0 saturated heterocycles. The first kappa shape index (κ1) is 24.4. The summed E-state index contributed by atoms with van der Waals surface area (Å²) in [7, 11) is 6.28. The van der Waals surface area contributed by atoms with E-state index in [9.17, 15) is 4.79 Å². The zero-order valence-electron chi connectivity index (χ0n) is 19.5. The molecule has 2 aromatic rings. The first-order chi connectivity index (χ1) is 16.1. The molecule has 7 heteroatoms. The largest absolute Gasteiger partial charge is 0.493 e. The zero-order chi connectivity index (χ0) is 23.6. The van der Waals surface area contributed by atoms with E-state index in [2.05, 4.69) is 0 Å². The van der Waals surface area contributed by atoms with Crippen molar-refractivity contribution in [3.63, 3.8) is 0 Å². The van der Waals surface area contributed by atoms with Crippen molar-refractivity contribution in [2.45, 2.75) is 19.3 Å². The van der Waals surface area contributed by atoms with E-state index in [1.165, 1.54) is 0 Å². The van der Waals surface area contributed by atoms with Crippen LogP contribution in [-0.4, -0.2) is 47.8 Å². The maximum absolute atomic E-state index is 13.2. The number of benzene rings is 2. The van der Waals surface area contributed by atoms with Gasteiger partial charge >= 0.3 is 0 Å². The molecular weight excluding hydrogens is 424 g/mol. The molecule has 1 saturated carbocycles. The van der Waals surface area contributed by atoms with Crippen LogP contribution in [0.3, 0.4) is 0 Å². The van der Waals surface area contributed by atoms with Crippen LogP contribution < -0.4 is 18.9 Å². The topological polar surface area (TPSA) is 72.5 Å². The lowest BCUT2D eigenvalue weighted by molar-refractivity contribution is -0.112. The second-order valence-electron chi connectivity index (χ2n) is 7.44. The van der Waals surface area contributed by atoms with E-state index in [-0.39, 0.29) is 19.4 Å². The van der Waals surface area contributed by atoms with Gasteiger partial charge in [0, 0.05) is 25.4 Å². The third-order valence-corrected chi connectivity index (χ3v) is 5.20. The molecule has 0 aromatic heterocycles. The molecule has 0 aliphatic heterocycles. The molecule has 0 bridgehead atoms. The maximum Gasteiger partial charge on any atom is 0.188 e. The molecule has 0 atom stereocenters. The number of allylic oxidation sites excluding steroid dienone is 2. The third kappa shape index (κ3) is 6.37. The van der Waals surface area contributed by atoms with Crippen LogP contribution in [0.1, 0.15) is 30.4 Å². The van der Waals surface area contributed by atoms with Crippen LogP contribution in [0.4, 0.5) is 0 Å². The van der Waals surface area contributed by atoms with Gasteiger partial charge in [0.15, 0.2) is 42.4 Å². The van der Waals surface area contributed by atoms with E-state index >= 15 is 0 Å². The molecule has 33 heavy (non-hydrogen) atoms. The van der Waals surface area contributed by atoms with Gasteiger partial charge in [-0.2, -0.15) is 0 Å². The summed E-state index contributed by atoms with van der Waals surface area (Å²) >= 11 is 0. The minimum absolute atomic E-state index is 0.0543. The van der Waals surface area contributed by atoms with Gasteiger partial charge in [-0.3, -0.25) is 4.79 Å². The van der Waals surface area contributed by atoms with Crippen molar-refractivity contribution in [3.8, 4) is 23.0 Å². The van der Waals surface area contributed by atoms with Crippen molar-refractivity contribution in [2.24, 2.45) is 0 Å². The molecule has 3 rings (SSSR count). The van der Waals surface area contributed by atoms with Gasteiger partial charge in [0.1, 0.15) is 0 Å². The van der Waals surface area contributed by atoms with E-state index in [0.29, 0.717) is 23.0 Å². The predicted octanol–water partition coefficient (Wildman–Crippen LogP) is 4.89. The van der Waals surface area contributed by atoms with Crippen LogP contribution in [0.25, 0.3) is 12.2 Å². The van der Waals surface area contributed by atoms with Crippen molar-refractivity contribution >= 4 is 17.9 Å². The van der Waals surface area contributed by atoms with Gasteiger partial charge in [-0.25, -0.2) is 0 Å². The number of ketones is 1. The fraction of sp³-hybridized carbons (Fsp3) is 0.346. The molecule has 176 valence electrons. The molecule has 0 radical (unpaired) electrons. The quantitative estimate of drug-likeness (QED) is 0.374. The Morgan fingerprint density at radius 3 is 1.55 bits per heavy atom. The molecule has 1 aliphatic carbocycles. The van der Waals surface area contributed by atoms with Crippen molar-refractivity contribution < 1.29 is 33.2 Å². The minimum Gasteiger partial charge on any atom is -0.493 e. The monoisotopic (exact) mass is 454 g/mol. The SMILES string of the molecule is COCOc1ccc(/C=C2\CCC/C(=C\c3ccc(OCOC)c(OC)c3)C2=O)cc1OC. The van der Waals surface area contributed by atoms with E-state index in [1.54, 1.807) is 28.4 Å². The zero-order valence-corrected chi connectivity index (χ0v) is 19.5. The first-order valence-corrected chi connectivity index (χ1v) is 10.6. The predicted molar refractivity (Wildman–Crippen MR) is 126 cm³/mol. The van der Waals surface area contributed by atoms with Crippen LogP contribution in [0.2, 0.25) is 0 Å². The molecule has 0 amide bonds. The van der Waals surface area contributed by atoms with Crippen LogP contribution >= 0.6 is 0 Å². The van der Waals surface area contributed by atoms with Crippen LogP contribution in [0.5, 0.6) is 23.0 Å². The fourth-order valence-corrected chi connectivity index (χ4v) is 3.61. The molecule has 1 fully saturated rings. The fourth-order valence-electron chi connectivity index (χ4n) is 3.61. The summed E-state index contributed by atoms with van der Waals surface area (Å²) in [5, 5.41) is 0. The van der Waals surface area contributed by atoms with Gasteiger partial charge in [-0.05, 0) is 66.8 Å². The highest BCUT2D eigenvalue weighted by molar-refractivity contribution is 6.14. The van der Waals surface area contributed by atoms with Crippen molar-refractivity contribution in [1.29, 1.82) is 0 Å². The van der Waals surface area contributed by atoms with Crippen LogP contribution in [-0.2, 0) is 14.3 Å². The summed E-state index contributed by atoms with van der Waals surface area (Å²) in [6.07, 6.45) is 6.20. The lowest BCUT2D eigenvalue weighted by atomic mass is 9.87. The maximum atomic E-state index is 13.2. The average Bonchev–Trinajstić information content (AvgIpc) is 2.84. The number of carbonyl (C=O) groups excluding carboxylic acids is 1. The van der Waals surface area contributed by atoms with Crippen molar-refractivity contribution in [1.82, 2.24) is 0 Å². The Labute approximate surface area is 194 Å². The molecule has 0 spiro atoms. The summed E-state index contributed by atoms with van der Waals surface area (Å²) < 4.78 is 31.7. The van der Waals surface area contributed by atoms with Crippen LogP contribution in [0.15, 0.2) is 47.5 Å². The second kappa shape index (κ2) is 12.1. The van der Waals surface area contributed by atoms with Crippen molar-refractivity contribution in [2.75, 3.05) is 42.0 Å². The first-order valence-electron chi connectivity index (χ1n) is 10.6. The molecule has 0 unspecified atom stereocenters. The Morgan fingerprint density at radius 2 is 1.15 bits per heavy atom. The normalized spacial score (nSPS) is 16.2. The number of carbonyl (C=O) groups is 1. The van der Waals surface area contributed by atoms with Gasteiger partial charge in [0.25, 0.3) is 0 Å². The van der Waals surface area contributed by atoms with Gasteiger partial charge in [0.2, 0.25) is 0 Å². The third-order valence-electron chi connectivity index (χ3n) is 5.20. The van der Waals surface area contributed by atoms with Gasteiger partial charge in [-0.1, -0.05) is 12.1 Å². The Hall–Kier alpha value is -3.29. The van der Waals surface area contributed by atoms with E-state index in [1.807, 2.05) is 48.6 Å². The van der Waals surface area contributed by atoms with Gasteiger partial charge in [-0.15, -0.1) is 0 Å². The lowest BCUT2D eigenvalue weighted by Gasteiger charge is -2.17. The molecule has 2 aromatic carbocycles. The molecule has 0 heterocycles. The van der Waals surface area contributed by atoms with E-state index in [4.69, 9.17) is 28.4 Å². The Kier molecular flexibility index (Phi) is 8.92. The Balaban J connectivity index is 1.82. The number of hydrogen-bond donors (Lipinski definition) is 0. The molecule has 1 aliphatic rings. The van der Waals surface area contributed by atoms with Gasteiger partial charge in [0.05, 0.1) is 14.2 Å². The van der Waals surface area contributed by atoms with Crippen LogP contribution in [0, 0.1) is 0 Å². The summed E-state index contributed by atoms with van der Waals surface area (Å²) in [5.74, 6) is 2.40.